The molecule has 1 rings (SSSR count). The summed E-state index contributed by atoms with van der Waals surface area (Å²) in [6, 6.07) is 0.786. The van der Waals surface area contributed by atoms with E-state index in [1.165, 1.54) is 12.8 Å². The molecule has 0 atom stereocenters. The molecule has 0 aromatic rings. The van der Waals surface area contributed by atoms with Gasteiger partial charge in [-0.25, -0.2) is 8.42 Å². The lowest BCUT2D eigenvalue weighted by Gasteiger charge is -2.25. The van der Waals surface area contributed by atoms with Crippen molar-refractivity contribution < 1.29 is 8.42 Å². The minimum Gasteiger partial charge on any atom is -0.314 e. The highest BCUT2D eigenvalue weighted by Gasteiger charge is 2.23. The third-order valence-electron chi connectivity index (χ3n) is 3.22. The molecule has 0 heterocycles. The van der Waals surface area contributed by atoms with Crippen molar-refractivity contribution in [1.82, 2.24) is 9.62 Å². The molecule has 0 aliphatic heterocycles. The Hall–Kier alpha value is -0.130. The fraction of sp³-hybridized carbons (Fsp3) is 1.00. The van der Waals surface area contributed by atoms with E-state index in [9.17, 15) is 8.42 Å². The van der Waals surface area contributed by atoms with Crippen molar-refractivity contribution in [3.8, 4) is 0 Å². The number of nitrogens with one attached hydrogen (secondary N) is 1. The van der Waals surface area contributed by atoms with Gasteiger partial charge in [0, 0.05) is 18.6 Å². The third-order valence-corrected chi connectivity index (χ3v) is 5.34. The summed E-state index contributed by atoms with van der Waals surface area (Å²) in [6.45, 7) is 7.50. The Labute approximate surface area is 112 Å². The average Bonchev–Trinajstić information content (AvgIpc) is 3.08. The van der Waals surface area contributed by atoms with Crippen LogP contribution in [0.15, 0.2) is 0 Å². The van der Waals surface area contributed by atoms with Crippen LogP contribution in [0, 0.1) is 0 Å². The summed E-state index contributed by atoms with van der Waals surface area (Å²) in [5.41, 5.74) is 0. The standard InChI is InChI=1S/C13H28N2O2S/c1-4-10-15(12(2)3)18(16,17)11-6-5-9-14-13-7-8-13/h12-14H,4-11H2,1-3H3. The second-order valence-electron chi connectivity index (χ2n) is 5.46. The highest BCUT2D eigenvalue weighted by molar-refractivity contribution is 7.89. The molecule has 1 fully saturated rings. The first-order chi connectivity index (χ1) is 8.47. The van der Waals surface area contributed by atoms with Gasteiger partial charge in [0.05, 0.1) is 5.75 Å². The molecule has 5 heteroatoms. The molecule has 18 heavy (non-hydrogen) atoms. The molecule has 1 aliphatic rings. The lowest BCUT2D eigenvalue weighted by Crippen LogP contribution is -2.39. The maximum Gasteiger partial charge on any atom is 0.214 e. The van der Waals surface area contributed by atoms with Gasteiger partial charge in [-0.2, -0.15) is 4.31 Å². The summed E-state index contributed by atoms with van der Waals surface area (Å²) in [7, 11) is -3.06. The van der Waals surface area contributed by atoms with E-state index < -0.39 is 10.0 Å². The van der Waals surface area contributed by atoms with Crippen LogP contribution >= 0.6 is 0 Å². The van der Waals surface area contributed by atoms with E-state index in [0.717, 1.165) is 25.8 Å². The molecule has 1 N–H and O–H groups in total. The van der Waals surface area contributed by atoms with Gasteiger partial charge in [-0.3, -0.25) is 0 Å². The first kappa shape index (κ1) is 15.9. The van der Waals surface area contributed by atoms with Crippen molar-refractivity contribution in [1.29, 1.82) is 0 Å². The highest BCUT2D eigenvalue weighted by atomic mass is 32.2. The van der Waals surface area contributed by atoms with E-state index in [0.29, 0.717) is 12.6 Å². The lowest BCUT2D eigenvalue weighted by molar-refractivity contribution is 0.353. The van der Waals surface area contributed by atoms with Crippen LogP contribution < -0.4 is 5.32 Å². The second-order valence-corrected chi connectivity index (χ2v) is 7.50. The van der Waals surface area contributed by atoms with Crippen molar-refractivity contribution in [3.63, 3.8) is 0 Å². The van der Waals surface area contributed by atoms with Crippen LogP contribution in [0.4, 0.5) is 0 Å². The fourth-order valence-electron chi connectivity index (χ4n) is 2.06. The van der Waals surface area contributed by atoms with Gasteiger partial charge in [0.1, 0.15) is 0 Å². The number of sulfonamides is 1. The summed E-state index contributed by atoms with van der Waals surface area (Å²) in [4.78, 5) is 0. The highest BCUT2D eigenvalue weighted by Crippen LogP contribution is 2.18. The molecule has 0 radical (unpaired) electrons. The molecule has 0 aromatic carbocycles. The van der Waals surface area contributed by atoms with Gasteiger partial charge >= 0.3 is 0 Å². The van der Waals surface area contributed by atoms with Crippen molar-refractivity contribution in [3.05, 3.63) is 0 Å². The van der Waals surface area contributed by atoms with Crippen LogP contribution in [-0.2, 0) is 10.0 Å². The molecular weight excluding hydrogens is 248 g/mol. The molecular formula is C13H28N2O2S. The van der Waals surface area contributed by atoms with Crippen LogP contribution in [0.1, 0.15) is 52.9 Å². The Bertz CT molecular complexity index is 324. The normalized spacial score (nSPS) is 16.7. The molecule has 0 bridgehead atoms. The maximum atomic E-state index is 12.2. The summed E-state index contributed by atoms with van der Waals surface area (Å²) in [5.74, 6) is 0.289. The van der Waals surface area contributed by atoms with E-state index in [4.69, 9.17) is 0 Å². The number of rotatable bonds is 10. The minimum atomic E-state index is -3.06. The molecule has 0 aromatic heterocycles. The molecule has 0 saturated heterocycles. The second kappa shape index (κ2) is 7.46. The van der Waals surface area contributed by atoms with Crippen molar-refractivity contribution >= 4 is 10.0 Å². The summed E-state index contributed by atoms with van der Waals surface area (Å²) >= 11 is 0. The van der Waals surface area contributed by atoms with E-state index in [1.807, 2.05) is 20.8 Å². The summed E-state index contributed by atoms with van der Waals surface area (Å²) in [5, 5.41) is 3.41. The van der Waals surface area contributed by atoms with Crippen LogP contribution in [0.2, 0.25) is 0 Å². The van der Waals surface area contributed by atoms with Crippen molar-refractivity contribution in [2.45, 2.75) is 65.0 Å². The first-order valence-corrected chi connectivity index (χ1v) is 8.81. The molecule has 0 unspecified atom stereocenters. The van der Waals surface area contributed by atoms with Crippen LogP contribution in [0.5, 0.6) is 0 Å². The number of hydrogen-bond acceptors (Lipinski definition) is 3. The monoisotopic (exact) mass is 276 g/mol. The van der Waals surface area contributed by atoms with Gasteiger partial charge in [-0.15, -0.1) is 0 Å². The maximum absolute atomic E-state index is 12.2. The largest absolute Gasteiger partial charge is 0.314 e. The smallest absolute Gasteiger partial charge is 0.214 e. The molecule has 1 saturated carbocycles. The van der Waals surface area contributed by atoms with Gasteiger partial charge in [0.25, 0.3) is 0 Å². The number of hydrogen-bond donors (Lipinski definition) is 1. The third kappa shape index (κ3) is 5.67. The van der Waals surface area contributed by atoms with Crippen molar-refractivity contribution in [2.24, 2.45) is 0 Å². The fourth-order valence-corrected chi connectivity index (χ4v) is 3.97. The predicted octanol–water partition coefficient (Wildman–Crippen LogP) is 1.97. The van der Waals surface area contributed by atoms with E-state index in [1.54, 1.807) is 4.31 Å². The van der Waals surface area contributed by atoms with Gasteiger partial charge in [-0.05, 0) is 52.5 Å². The topological polar surface area (TPSA) is 49.4 Å². The summed E-state index contributed by atoms with van der Waals surface area (Å²) < 4.78 is 26.0. The van der Waals surface area contributed by atoms with E-state index in [-0.39, 0.29) is 11.8 Å². The zero-order valence-electron chi connectivity index (χ0n) is 12.0. The zero-order chi connectivity index (χ0) is 13.6. The number of nitrogens with zero attached hydrogens (tertiary/aromatic N) is 1. The Balaban J connectivity index is 2.26. The first-order valence-electron chi connectivity index (χ1n) is 7.20. The van der Waals surface area contributed by atoms with Gasteiger partial charge < -0.3 is 5.32 Å². The van der Waals surface area contributed by atoms with Gasteiger partial charge in [0.15, 0.2) is 0 Å². The Kier molecular flexibility index (Phi) is 6.60. The molecule has 0 spiro atoms. The van der Waals surface area contributed by atoms with Crippen LogP contribution in [-0.4, -0.2) is 43.6 Å². The van der Waals surface area contributed by atoms with Crippen LogP contribution in [0.3, 0.4) is 0 Å². The predicted molar refractivity (Wildman–Crippen MR) is 76.2 cm³/mol. The lowest BCUT2D eigenvalue weighted by atomic mass is 10.3. The van der Waals surface area contributed by atoms with Gasteiger partial charge in [0.2, 0.25) is 10.0 Å². The van der Waals surface area contributed by atoms with E-state index >= 15 is 0 Å². The Morgan fingerprint density at radius 1 is 1.28 bits per heavy atom. The zero-order valence-corrected chi connectivity index (χ0v) is 12.8. The van der Waals surface area contributed by atoms with Gasteiger partial charge in [-0.1, -0.05) is 6.92 Å². The Morgan fingerprint density at radius 2 is 1.94 bits per heavy atom. The number of unbranched alkanes of at least 4 members (excludes halogenated alkanes) is 1. The molecule has 4 nitrogen and oxygen atoms in total. The van der Waals surface area contributed by atoms with Crippen LogP contribution in [0.25, 0.3) is 0 Å². The molecule has 1 aliphatic carbocycles. The molecule has 0 amide bonds. The minimum absolute atomic E-state index is 0.0690. The molecule has 108 valence electrons. The van der Waals surface area contributed by atoms with E-state index in [2.05, 4.69) is 5.32 Å². The quantitative estimate of drug-likeness (QED) is 0.621. The SMILES string of the molecule is CCCN(C(C)C)S(=O)(=O)CCCCNC1CC1. The average molecular weight is 276 g/mol. The van der Waals surface area contributed by atoms with Crippen molar-refractivity contribution in [2.75, 3.05) is 18.8 Å². The Morgan fingerprint density at radius 3 is 2.44 bits per heavy atom. The summed E-state index contributed by atoms with van der Waals surface area (Å²) in [6.07, 6.45) is 5.16.